The van der Waals surface area contributed by atoms with E-state index in [4.69, 9.17) is 0 Å². The first-order chi connectivity index (χ1) is 6.75. The number of hydrogen-bond donors (Lipinski definition) is 1. The van der Waals surface area contributed by atoms with Gasteiger partial charge in [0.25, 0.3) is 0 Å². The Hall–Kier alpha value is 0.01000. The highest BCUT2D eigenvalue weighted by Gasteiger charge is 2.23. The molecule has 1 saturated heterocycles. The third kappa shape index (κ3) is 2.53. The maximum absolute atomic E-state index is 3.70. The van der Waals surface area contributed by atoms with Gasteiger partial charge in [-0.05, 0) is 35.7 Å². The summed E-state index contributed by atoms with van der Waals surface area (Å²) in [6.45, 7) is 4.58. The van der Waals surface area contributed by atoms with Crippen LogP contribution in [0.3, 0.4) is 0 Å². The van der Waals surface area contributed by atoms with Gasteiger partial charge < -0.3 is 5.32 Å². The van der Waals surface area contributed by atoms with E-state index in [-0.39, 0.29) is 0 Å². The van der Waals surface area contributed by atoms with E-state index in [1.165, 1.54) is 17.7 Å². The molecular weight excluding hydrogens is 210 g/mol. The molecule has 2 rings (SSSR count). The zero-order chi connectivity index (χ0) is 9.97. The molecule has 3 atom stereocenters. The van der Waals surface area contributed by atoms with Crippen LogP contribution in [0.25, 0.3) is 0 Å². The molecule has 1 aromatic rings. The average molecular weight is 227 g/mol. The van der Waals surface area contributed by atoms with E-state index in [9.17, 15) is 0 Å². The topological polar surface area (TPSA) is 12.0 Å². The molecule has 0 radical (unpaired) electrons. The van der Waals surface area contributed by atoms with Crippen LogP contribution in [0.2, 0.25) is 0 Å². The molecule has 2 heterocycles. The lowest BCUT2D eigenvalue weighted by atomic mass is 10.1. The normalized spacial score (nSPS) is 29.3. The third-order valence-corrected chi connectivity index (χ3v) is 4.79. The smallest absolute Gasteiger partial charge is 0.0302 e. The van der Waals surface area contributed by atoms with Gasteiger partial charge in [-0.15, -0.1) is 0 Å². The van der Waals surface area contributed by atoms with Gasteiger partial charge >= 0.3 is 0 Å². The summed E-state index contributed by atoms with van der Waals surface area (Å²) < 4.78 is 0. The summed E-state index contributed by atoms with van der Waals surface area (Å²) in [5.74, 6) is 1.27. The van der Waals surface area contributed by atoms with Crippen LogP contribution in [-0.4, -0.2) is 17.0 Å². The van der Waals surface area contributed by atoms with Crippen molar-refractivity contribution >= 4 is 23.1 Å². The van der Waals surface area contributed by atoms with Crippen LogP contribution < -0.4 is 5.32 Å². The SMILES string of the molecule is CC1CC(NC(C)c2ccsc2)CS1. The van der Waals surface area contributed by atoms with Crippen LogP contribution in [0.5, 0.6) is 0 Å². The van der Waals surface area contributed by atoms with E-state index in [0.29, 0.717) is 12.1 Å². The number of nitrogens with one attached hydrogen (secondary N) is 1. The zero-order valence-electron chi connectivity index (χ0n) is 8.69. The molecule has 3 unspecified atom stereocenters. The van der Waals surface area contributed by atoms with Crippen LogP contribution >= 0.6 is 23.1 Å². The predicted molar refractivity (Wildman–Crippen MR) is 66.2 cm³/mol. The summed E-state index contributed by atoms with van der Waals surface area (Å²) in [4.78, 5) is 0. The molecule has 1 aromatic heterocycles. The maximum Gasteiger partial charge on any atom is 0.0302 e. The monoisotopic (exact) mass is 227 g/mol. The highest BCUT2D eigenvalue weighted by atomic mass is 32.2. The van der Waals surface area contributed by atoms with Gasteiger partial charge in [0.1, 0.15) is 0 Å². The van der Waals surface area contributed by atoms with Crippen LogP contribution in [-0.2, 0) is 0 Å². The van der Waals surface area contributed by atoms with Gasteiger partial charge in [-0.25, -0.2) is 0 Å². The van der Waals surface area contributed by atoms with Gasteiger partial charge in [-0.2, -0.15) is 23.1 Å². The molecule has 1 aliphatic rings. The molecule has 1 N–H and O–H groups in total. The van der Waals surface area contributed by atoms with Crippen molar-refractivity contribution < 1.29 is 0 Å². The highest BCUT2D eigenvalue weighted by molar-refractivity contribution is 8.00. The van der Waals surface area contributed by atoms with E-state index < -0.39 is 0 Å². The largest absolute Gasteiger partial charge is 0.307 e. The van der Waals surface area contributed by atoms with Gasteiger partial charge in [0, 0.05) is 23.1 Å². The number of hydrogen-bond acceptors (Lipinski definition) is 3. The van der Waals surface area contributed by atoms with Crippen molar-refractivity contribution in [3.05, 3.63) is 22.4 Å². The first kappa shape index (κ1) is 10.5. The Morgan fingerprint density at radius 1 is 1.57 bits per heavy atom. The minimum Gasteiger partial charge on any atom is -0.307 e. The molecule has 0 aliphatic carbocycles. The first-order valence-corrected chi connectivity index (χ1v) is 7.14. The van der Waals surface area contributed by atoms with Gasteiger partial charge in [0.2, 0.25) is 0 Å². The molecule has 1 aliphatic heterocycles. The second kappa shape index (κ2) is 4.69. The van der Waals surface area contributed by atoms with E-state index in [1.54, 1.807) is 11.3 Å². The Bertz CT molecular complexity index is 271. The Labute approximate surface area is 94.3 Å². The molecule has 3 heteroatoms. The van der Waals surface area contributed by atoms with Crippen molar-refractivity contribution in [3.8, 4) is 0 Å². The lowest BCUT2D eigenvalue weighted by Gasteiger charge is -2.17. The fourth-order valence-corrected chi connectivity index (χ4v) is 3.82. The number of thiophene rings is 1. The van der Waals surface area contributed by atoms with Gasteiger partial charge in [0.15, 0.2) is 0 Å². The van der Waals surface area contributed by atoms with Crippen LogP contribution in [0.1, 0.15) is 31.9 Å². The van der Waals surface area contributed by atoms with Crippen molar-refractivity contribution in [2.24, 2.45) is 0 Å². The Kier molecular flexibility index (Phi) is 3.52. The van der Waals surface area contributed by atoms with Crippen molar-refractivity contribution in [2.75, 3.05) is 5.75 Å². The maximum atomic E-state index is 3.70. The van der Waals surface area contributed by atoms with Gasteiger partial charge in [0.05, 0.1) is 0 Å². The van der Waals surface area contributed by atoms with E-state index in [1.807, 2.05) is 0 Å². The molecule has 14 heavy (non-hydrogen) atoms. The Morgan fingerprint density at radius 2 is 2.43 bits per heavy atom. The van der Waals surface area contributed by atoms with E-state index in [2.05, 4.69) is 47.8 Å². The molecule has 0 bridgehead atoms. The number of thioether (sulfide) groups is 1. The second-order valence-corrected chi connectivity index (χ2v) is 6.27. The zero-order valence-corrected chi connectivity index (χ0v) is 10.3. The molecular formula is C11H17NS2. The molecule has 0 saturated carbocycles. The second-order valence-electron chi connectivity index (χ2n) is 4.02. The highest BCUT2D eigenvalue weighted by Crippen LogP contribution is 2.28. The third-order valence-electron chi connectivity index (χ3n) is 2.73. The summed E-state index contributed by atoms with van der Waals surface area (Å²) in [7, 11) is 0. The van der Waals surface area contributed by atoms with Crippen molar-refractivity contribution in [1.29, 1.82) is 0 Å². The molecule has 1 nitrogen and oxygen atoms in total. The Morgan fingerprint density at radius 3 is 3.00 bits per heavy atom. The molecule has 0 spiro atoms. The lowest BCUT2D eigenvalue weighted by molar-refractivity contribution is 0.475. The molecule has 0 amide bonds. The minimum atomic E-state index is 0.511. The van der Waals surface area contributed by atoms with Crippen molar-refractivity contribution in [2.45, 2.75) is 37.6 Å². The molecule has 1 fully saturated rings. The predicted octanol–water partition coefficient (Wildman–Crippen LogP) is 3.29. The summed E-state index contributed by atoms with van der Waals surface area (Å²) in [5, 5.41) is 8.92. The standard InChI is InChI=1S/C11H17NS2/c1-8-5-11(7-14-8)12-9(2)10-3-4-13-6-10/h3-4,6,8-9,11-12H,5,7H2,1-2H3. The Balaban J connectivity index is 1.86. The van der Waals surface area contributed by atoms with Crippen LogP contribution in [0.15, 0.2) is 16.8 Å². The van der Waals surface area contributed by atoms with Gasteiger partial charge in [-0.1, -0.05) is 6.92 Å². The fourth-order valence-electron chi connectivity index (χ4n) is 1.90. The van der Waals surface area contributed by atoms with Gasteiger partial charge in [-0.3, -0.25) is 0 Å². The van der Waals surface area contributed by atoms with E-state index in [0.717, 1.165) is 5.25 Å². The summed E-state index contributed by atoms with van der Waals surface area (Å²) in [6, 6.07) is 3.44. The lowest BCUT2D eigenvalue weighted by Crippen LogP contribution is -2.31. The first-order valence-electron chi connectivity index (χ1n) is 5.15. The van der Waals surface area contributed by atoms with Crippen LogP contribution in [0.4, 0.5) is 0 Å². The van der Waals surface area contributed by atoms with Crippen molar-refractivity contribution in [3.63, 3.8) is 0 Å². The molecule has 0 aromatic carbocycles. The number of rotatable bonds is 3. The quantitative estimate of drug-likeness (QED) is 0.850. The van der Waals surface area contributed by atoms with Crippen LogP contribution in [0, 0.1) is 0 Å². The average Bonchev–Trinajstić information content (AvgIpc) is 2.75. The fraction of sp³-hybridized carbons (Fsp3) is 0.636. The molecule has 78 valence electrons. The van der Waals surface area contributed by atoms with Crippen molar-refractivity contribution in [1.82, 2.24) is 5.32 Å². The summed E-state index contributed by atoms with van der Waals surface area (Å²) in [5.41, 5.74) is 1.43. The summed E-state index contributed by atoms with van der Waals surface area (Å²) >= 11 is 3.87. The summed E-state index contributed by atoms with van der Waals surface area (Å²) in [6.07, 6.45) is 1.32. The van der Waals surface area contributed by atoms with E-state index >= 15 is 0 Å². The minimum absolute atomic E-state index is 0.511.